The molecule has 0 saturated heterocycles. The van der Waals surface area contributed by atoms with Gasteiger partial charge in [-0.2, -0.15) is 0 Å². The van der Waals surface area contributed by atoms with Crippen molar-refractivity contribution in [2.24, 2.45) is 5.41 Å². The summed E-state index contributed by atoms with van der Waals surface area (Å²) in [5.41, 5.74) is -1.74. The van der Waals surface area contributed by atoms with E-state index in [2.05, 4.69) is 27.7 Å². The highest BCUT2D eigenvalue weighted by atomic mass is 16.5. The number of unbranched alkanes of at least 4 members (excludes halogenated alkanes) is 36. The molecule has 4 nitrogen and oxygen atoms in total. The summed E-state index contributed by atoms with van der Waals surface area (Å²) in [6.45, 7) is 9.38. The van der Waals surface area contributed by atoms with Crippen LogP contribution in [0.1, 0.15) is 304 Å². The van der Waals surface area contributed by atoms with Gasteiger partial charge >= 0.3 is 0 Å². The van der Waals surface area contributed by atoms with Crippen LogP contribution in [0.25, 0.3) is 0 Å². The van der Waals surface area contributed by atoms with Crippen molar-refractivity contribution in [3.8, 4) is 0 Å². The third-order valence-corrected chi connectivity index (χ3v) is 13.7. The molecule has 0 aliphatic carbocycles. The molecule has 0 aromatic carbocycles. The van der Waals surface area contributed by atoms with Gasteiger partial charge in [0.25, 0.3) is 0 Å². The summed E-state index contributed by atoms with van der Waals surface area (Å²) in [4.78, 5) is 0. The second-order valence-electron chi connectivity index (χ2n) is 18.8. The van der Waals surface area contributed by atoms with Crippen LogP contribution in [0, 0.1) is 5.41 Å². The second-order valence-corrected chi connectivity index (χ2v) is 18.8. The highest BCUT2D eigenvalue weighted by molar-refractivity contribution is 5.04. The molecule has 0 fully saturated rings. The summed E-state index contributed by atoms with van der Waals surface area (Å²) in [5.74, 6) is 0. The summed E-state index contributed by atoms with van der Waals surface area (Å²) in [6, 6.07) is 0. The molecule has 0 rings (SSSR count). The predicted molar refractivity (Wildman–Crippen MR) is 253 cm³/mol. The predicted octanol–water partition coefficient (Wildman–Crippen LogP) is 16.9. The number of aliphatic hydroxyl groups is 3. The number of hydrogen-bond donors (Lipinski definition) is 3. The van der Waals surface area contributed by atoms with Crippen molar-refractivity contribution in [3.05, 3.63) is 0 Å². The van der Waals surface area contributed by atoms with Crippen LogP contribution in [-0.2, 0) is 4.74 Å². The first-order chi connectivity index (χ1) is 28.0. The fourth-order valence-corrected chi connectivity index (χ4v) is 9.52. The molecule has 0 aromatic rings. The Morgan fingerprint density at radius 3 is 0.860 bits per heavy atom. The van der Waals surface area contributed by atoms with Crippen LogP contribution in [0.15, 0.2) is 0 Å². The van der Waals surface area contributed by atoms with Crippen LogP contribution >= 0.6 is 0 Å². The smallest absolute Gasteiger partial charge is 0.0807 e. The van der Waals surface area contributed by atoms with E-state index in [-0.39, 0.29) is 13.2 Å². The van der Waals surface area contributed by atoms with Crippen molar-refractivity contribution >= 4 is 0 Å². The summed E-state index contributed by atoms with van der Waals surface area (Å²) in [7, 11) is 0. The van der Waals surface area contributed by atoms with Gasteiger partial charge in [0.1, 0.15) is 0 Å². The van der Waals surface area contributed by atoms with Gasteiger partial charge in [-0.3, -0.25) is 0 Å². The van der Waals surface area contributed by atoms with Gasteiger partial charge in [-0.15, -0.1) is 0 Å². The molecule has 344 valence electrons. The van der Waals surface area contributed by atoms with Crippen LogP contribution in [0.2, 0.25) is 0 Å². The number of rotatable bonds is 49. The number of aliphatic hydroxyl groups excluding tert-OH is 3. The van der Waals surface area contributed by atoms with E-state index in [0.717, 1.165) is 57.8 Å². The van der Waals surface area contributed by atoms with Crippen molar-refractivity contribution in [2.45, 2.75) is 315 Å². The van der Waals surface area contributed by atoms with Gasteiger partial charge in [-0.1, -0.05) is 278 Å². The molecular formula is C53H108O4. The molecule has 0 aromatic heterocycles. The van der Waals surface area contributed by atoms with E-state index in [4.69, 9.17) is 4.74 Å². The quantitative estimate of drug-likeness (QED) is 0.0536. The first kappa shape index (κ1) is 56.8. The zero-order valence-electron chi connectivity index (χ0n) is 39.9. The molecule has 0 radical (unpaired) electrons. The Labute approximate surface area is 359 Å². The molecule has 0 aliphatic rings. The summed E-state index contributed by atoms with van der Waals surface area (Å²) in [6.07, 6.45) is 52.7. The van der Waals surface area contributed by atoms with E-state index in [1.54, 1.807) is 0 Å². The lowest BCUT2D eigenvalue weighted by Crippen LogP contribution is -2.61. The van der Waals surface area contributed by atoms with Gasteiger partial charge in [0.15, 0.2) is 0 Å². The lowest BCUT2D eigenvalue weighted by Gasteiger charge is -2.52. The second kappa shape index (κ2) is 43.9. The molecule has 1 atom stereocenters. The van der Waals surface area contributed by atoms with E-state index in [0.29, 0.717) is 13.0 Å². The maximum atomic E-state index is 12.1. The monoisotopic (exact) mass is 809 g/mol. The van der Waals surface area contributed by atoms with Crippen LogP contribution in [-0.4, -0.2) is 46.8 Å². The van der Waals surface area contributed by atoms with E-state index in [9.17, 15) is 15.3 Å². The zero-order chi connectivity index (χ0) is 41.8. The number of hydrogen-bond acceptors (Lipinski definition) is 4. The first-order valence-electron chi connectivity index (χ1n) is 26.6. The summed E-state index contributed by atoms with van der Waals surface area (Å²) >= 11 is 0. The Hall–Kier alpha value is -0.160. The standard InChI is InChI=1S/C53H108O4/c1-5-9-13-17-21-25-29-33-37-41-45-51(56)52(49-54,50-55)53(46-42-38-34-30-26-22-18-14-10-6-2,47-43-39-35-31-27-23-19-15-11-7-3)57-48-44-40-36-32-28-24-20-16-12-8-4/h51,54-56H,5-50H2,1-4H3. The van der Waals surface area contributed by atoms with Crippen LogP contribution in [0.4, 0.5) is 0 Å². The molecule has 1 unspecified atom stereocenters. The summed E-state index contributed by atoms with van der Waals surface area (Å²) < 4.78 is 7.16. The first-order valence-corrected chi connectivity index (χ1v) is 26.6. The van der Waals surface area contributed by atoms with Crippen molar-refractivity contribution in [1.82, 2.24) is 0 Å². The largest absolute Gasteiger partial charge is 0.395 e. The molecule has 0 heterocycles. The fourth-order valence-electron chi connectivity index (χ4n) is 9.52. The molecular weight excluding hydrogens is 701 g/mol. The van der Waals surface area contributed by atoms with Crippen LogP contribution in [0.3, 0.4) is 0 Å². The highest BCUT2D eigenvalue weighted by Gasteiger charge is 2.55. The molecule has 57 heavy (non-hydrogen) atoms. The minimum absolute atomic E-state index is 0.212. The molecule has 0 spiro atoms. The zero-order valence-corrected chi connectivity index (χ0v) is 39.9. The van der Waals surface area contributed by atoms with Crippen LogP contribution < -0.4 is 0 Å². The molecule has 0 amide bonds. The van der Waals surface area contributed by atoms with Crippen molar-refractivity contribution in [3.63, 3.8) is 0 Å². The lowest BCUT2D eigenvalue weighted by atomic mass is 9.63. The van der Waals surface area contributed by atoms with Gasteiger partial charge < -0.3 is 20.1 Å². The Bertz CT molecular complexity index is 727. The number of ether oxygens (including phenoxy) is 1. The van der Waals surface area contributed by atoms with Crippen molar-refractivity contribution in [2.75, 3.05) is 19.8 Å². The molecule has 0 bridgehead atoms. The Balaban J connectivity index is 5.66. The van der Waals surface area contributed by atoms with Crippen molar-refractivity contribution < 1.29 is 20.1 Å². The van der Waals surface area contributed by atoms with Gasteiger partial charge in [0.05, 0.1) is 30.3 Å². The van der Waals surface area contributed by atoms with E-state index < -0.39 is 17.1 Å². The molecule has 0 saturated carbocycles. The average molecular weight is 809 g/mol. The van der Waals surface area contributed by atoms with E-state index in [1.165, 1.54) is 212 Å². The summed E-state index contributed by atoms with van der Waals surface area (Å²) in [5, 5.41) is 34.8. The Kier molecular flexibility index (Phi) is 43.8. The van der Waals surface area contributed by atoms with Gasteiger partial charge in [0.2, 0.25) is 0 Å². The maximum absolute atomic E-state index is 12.1. The topological polar surface area (TPSA) is 69.9 Å². The van der Waals surface area contributed by atoms with Crippen LogP contribution in [0.5, 0.6) is 0 Å². The Morgan fingerprint density at radius 2 is 0.579 bits per heavy atom. The molecule has 0 aliphatic heterocycles. The third-order valence-electron chi connectivity index (χ3n) is 13.7. The van der Waals surface area contributed by atoms with Crippen molar-refractivity contribution in [1.29, 1.82) is 0 Å². The lowest BCUT2D eigenvalue weighted by molar-refractivity contribution is -0.219. The minimum Gasteiger partial charge on any atom is -0.395 e. The van der Waals surface area contributed by atoms with E-state index >= 15 is 0 Å². The normalized spacial score (nSPS) is 12.9. The van der Waals surface area contributed by atoms with E-state index in [1.807, 2.05) is 0 Å². The van der Waals surface area contributed by atoms with Gasteiger partial charge in [0, 0.05) is 6.61 Å². The highest BCUT2D eigenvalue weighted by Crippen LogP contribution is 2.47. The van der Waals surface area contributed by atoms with Gasteiger partial charge in [-0.05, 0) is 25.7 Å². The average Bonchev–Trinajstić information content (AvgIpc) is 3.22. The third kappa shape index (κ3) is 30.5. The molecule has 3 N–H and O–H groups in total. The molecule has 4 heteroatoms. The fraction of sp³-hybridized carbons (Fsp3) is 1.00. The maximum Gasteiger partial charge on any atom is 0.0807 e. The Morgan fingerprint density at radius 1 is 0.333 bits per heavy atom. The SMILES string of the molecule is CCCCCCCCCCCCOC(CCCCCCCCCCCC)(CCCCCCCCCCCC)C(CO)(CO)C(O)CCCCCCCCCCCC. The minimum atomic E-state index is -1.04. The van der Waals surface area contributed by atoms with Gasteiger partial charge in [-0.25, -0.2) is 0 Å².